The van der Waals surface area contributed by atoms with Gasteiger partial charge >= 0.3 is 0 Å². The minimum atomic E-state index is -0.207. The van der Waals surface area contributed by atoms with E-state index in [-0.39, 0.29) is 5.56 Å². The lowest BCUT2D eigenvalue weighted by Crippen LogP contribution is -2.23. The smallest absolute Gasteiger partial charge is 0.291 e. The molecule has 0 N–H and O–H groups in total. The van der Waals surface area contributed by atoms with Crippen LogP contribution in [0.5, 0.6) is 5.75 Å². The maximum absolute atomic E-state index is 13.3. The van der Waals surface area contributed by atoms with E-state index in [0.717, 1.165) is 38.7 Å². The molecule has 9 heteroatoms. The molecule has 4 heterocycles. The van der Waals surface area contributed by atoms with Crippen LogP contribution in [-0.4, -0.2) is 24.4 Å². The zero-order valence-electron chi connectivity index (χ0n) is 22.2. The number of ether oxygens (including phenoxy) is 1. The summed E-state index contributed by atoms with van der Waals surface area (Å²) in [6, 6.07) is 31.8. The molecule has 0 aliphatic rings. The summed E-state index contributed by atoms with van der Waals surface area (Å²) in [5, 5.41) is 11.3. The highest BCUT2D eigenvalue weighted by Gasteiger charge is 2.14. The Hall–Kier alpha value is -5.12. The van der Waals surface area contributed by atoms with Crippen LogP contribution in [0.3, 0.4) is 0 Å². The van der Waals surface area contributed by atoms with E-state index in [1.807, 2.05) is 132 Å². The Morgan fingerprint density at radius 2 is 1.62 bits per heavy atom. The molecule has 0 aliphatic heterocycles. The van der Waals surface area contributed by atoms with Crippen molar-refractivity contribution in [3.8, 4) is 22.7 Å². The van der Waals surface area contributed by atoms with Gasteiger partial charge in [0.15, 0.2) is 5.82 Å². The molecule has 0 spiro atoms. The average molecular weight is 586 g/mol. The lowest BCUT2D eigenvalue weighted by molar-refractivity contribution is 0.306. The van der Waals surface area contributed by atoms with E-state index in [2.05, 4.69) is 10.1 Å². The molecular weight excluding hydrogens is 563 g/mol. The minimum Gasteiger partial charge on any atom is -0.489 e. The Kier molecular flexibility index (Phi) is 7.01. The summed E-state index contributed by atoms with van der Waals surface area (Å²) in [7, 11) is 0. The zero-order chi connectivity index (χ0) is 28.3. The monoisotopic (exact) mass is 585 g/mol. The second-order valence-electron chi connectivity index (χ2n) is 9.44. The molecule has 42 heavy (non-hydrogen) atoms. The zero-order valence-corrected chi connectivity index (χ0v) is 23.8. The second kappa shape index (κ2) is 11.4. The van der Waals surface area contributed by atoms with Crippen LogP contribution in [0.2, 0.25) is 0 Å². The van der Waals surface area contributed by atoms with Crippen molar-refractivity contribution in [1.82, 2.24) is 24.4 Å². The maximum Gasteiger partial charge on any atom is 0.291 e. The largest absolute Gasteiger partial charge is 0.489 e. The fraction of sp³-hybridized carbons (Fsp3) is 0.0303. The fourth-order valence-electron chi connectivity index (χ4n) is 4.48. The molecule has 0 aliphatic carbocycles. The standard InChI is InChI=1S/C33H23N5O2S2/c39-32-29(42-33-34-30(35-38(32)33)18-17-28-12-7-19-41-28)20-25-21-37(26-10-5-2-6-11-26)36-31(25)24-13-15-27(16-14-24)40-22-23-8-3-1-4-9-23/h1-21H,22H2/b18-17+,29-20-. The van der Waals surface area contributed by atoms with Gasteiger partial charge in [0.2, 0.25) is 4.96 Å². The predicted molar refractivity (Wildman–Crippen MR) is 169 cm³/mol. The molecule has 0 saturated carbocycles. The summed E-state index contributed by atoms with van der Waals surface area (Å²) in [6.07, 6.45) is 7.58. The lowest BCUT2D eigenvalue weighted by atomic mass is 10.1. The van der Waals surface area contributed by atoms with Crippen LogP contribution in [0, 0.1) is 0 Å². The summed E-state index contributed by atoms with van der Waals surface area (Å²) >= 11 is 2.94. The van der Waals surface area contributed by atoms with Gasteiger partial charge in [-0.05, 0) is 71.6 Å². The van der Waals surface area contributed by atoms with Gasteiger partial charge in [-0.2, -0.15) is 14.6 Å². The van der Waals surface area contributed by atoms with E-state index < -0.39 is 0 Å². The van der Waals surface area contributed by atoms with Gasteiger partial charge in [-0.3, -0.25) is 4.79 Å². The van der Waals surface area contributed by atoms with E-state index in [9.17, 15) is 4.79 Å². The maximum atomic E-state index is 13.3. The van der Waals surface area contributed by atoms with Gasteiger partial charge in [0, 0.05) is 22.2 Å². The van der Waals surface area contributed by atoms with Crippen LogP contribution in [0.4, 0.5) is 0 Å². The molecule has 204 valence electrons. The Morgan fingerprint density at radius 1 is 0.833 bits per heavy atom. The van der Waals surface area contributed by atoms with Gasteiger partial charge in [0.1, 0.15) is 18.1 Å². The molecule has 0 amide bonds. The third kappa shape index (κ3) is 5.43. The van der Waals surface area contributed by atoms with Crippen LogP contribution < -0.4 is 14.8 Å². The Balaban J connectivity index is 1.22. The number of rotatable bonds is 8. The lowest BCUT2D eigenvalue weighted by Gasteiger charge is -2.07. The van der Waals surface area contributed by atoms with Crippen molar-refractivity contribution in [3.05, 3.63) is 145 Å². The number of fused-ring (bicyclic) bond motifs is 1. The van der Waals surface area contributed by atoms with Crippen molar-refractivity contribution in [2.75, 3.05) is 0 Å². The minimum absolute atomic E-state index is 0.207. The van der Waals surface area contributed by atoms with Crippen molar-refractivity contribution in [2.24, 2.45) is 0 Å². The van der Waals surface area contributed by atoms with E-state index in [4.69, 9.17) is 9.84 Å². The average Bonchev–Trinajstić information content (AvgIpc) is 3.83. The van der Waals surface area contributed by atoms with E-state index in [0.29, 0.717) is 21.9 Å². The van der Waals surface area contributed by atoms with Crippen molar-refractivity contribution < 1.29 is 4.74 Å². The Morgan fingerprint density at radius 3 is 2.36 bits per heavy atom. The quantitative estimate of drug-likeness (QED) is 0.207. The predicted octanol–water partition coefficient (Wildman–Crippen LogP) is 6.36. The van der Waals surface area contributed by atoms with Crippen molar-refractivity contribution >= 4 is 45.9 Å². The highest BCUT2D eigenvalue weighted by Crippen LogP contribution is 2.27. The summed E-state index contributed by atoms with van der Waals surface area (Å²) in [6.45, 7) is 0.494. The number of thiazole rings is 1. The van der Waals surface area contributed by atoms with Gasteiger partial charge in [0.25, 0.3) is 5.56 Å². The molecule has 7 aromatic rings. The number of nitrogens with zero attached hydrogens (tertiary/aromatic N) is 5. The first-order valence-electron chi connectivity index (χ1n) is 13.2. The summed E-state index contributed by atoms with van der Waals surface area (Å²) in [5.74, 6) is 1.28. The molecule has 0 bridgehead atoms. The Bertz CT molecular complexity index is 2090. The number of para-hydroxylation sites is 1. The first-order valence-corrected chi connectivity index (χ1v) is 14.9. The fourth-order valence-corrected chi connectivity index (χ4v) is 6.01. The van der Waals surface area contributed by atoms with Crippen molar-refractivity contribution in [1.29, 1.82) is 0 Å². The molecule has 0 saturated heterocycles. The first kappa shape index (κ1) is 25.8. The number of hydrogen-bond acceptors (Lipinski definition) is 7. The Labute approximate surface area is 248 Å². The molecule has 7 nitrogen and oxygen atoms in total. The van der Waals surface area contributed by atoms with Gasteiger partial charge in [-0.15, -0.1) is 16.4 Å². The number of thiophene rings is 1. The topological polar surface area (TPSA) is 74.3 Å². The molecule has 4 aromatic heterocycles. The summed E-state index contributed by atoms with van der Waals surface area (Å²) in [5.41, 5.74) is 4.31. The van der Waals surface area contributed by atoms with Crippen LogP contribution in [0.25, 0.3) is 40.1 Å². The van der Waals surface area contributed by atoms with Crippen LogP contribution >= 0.6 is 22.7 Å². The molecule has 0 unspecified atom stereocenters. The molecular formula is C33H23N5O2S2. The van der Waals surface area contributed by atoms with Gasteiger partial charge in [0.05, 0.1) is 10.2 Å². The van der Waals surface area contributed by atoms with Gasteiger partial charge in [-0.25, -0.2) is 4.68 Å². The third-order valence-corrected chi connectivity index (χ3v) is 8.36. The van der Waals surface area contributed by atoms with Crippen molar-refractivity contribution in [2.45, 2.75) is 6.61 Å². The number of benzene rings is 3. The second-order valence-corrected chi connectivity index (χ2v) is 11.4. The molecule has 7 rings (SSSR count). The van der Waals surface area contributed by atoms with E-state index >= 15 is 0 Å². The first-order chi connectivity index (χ1) is 20.7. The van der Waals surface area contributed by atoms with Gasteiger partial charge in [-0.1, -0.05) is 65.9 Å². The summed E-state index contributed by atoms with van der Waals surface area (Å²) < 4.78 is 9.71. The number of aromatic nitrogens is 5. The normalized spacial score (nSPS) is 12.0. The molecule has 0 radical (unpaired) electrons. The molecule has 0 atom stereocenters. The highest BCUT2D eigenvalue weighted by molar-refractivity contribution is 7.15. The van der Waals surface area contributed by atoms with E-state index in [1.54, 1.807) is 11.3 Å². The third-order valence-electron chi connectivity index (χ3n) is 6.56. The van der Waals surface area contributed by atoms with E-state index in [1.165, 1.54) is 15.9 Å². The van der Waals surface area contributed by atoms with Gasteiger partial charge < -0.3 is 4.74 Å². The van der Waals surface area contributed by atoms with Crippen LogP contribution in [0.1, 0.15) is 21.8 Å². The molecule has 3 aromatic carbocycles. The SMILES string of the molecule is O=c1/c(=C/c2cn(-c3ccccc3)nc2-c2ccc(OCc3ccccc3)cc2)sc2nc(/C=C/c3cccs3)nn12. The van der Waals surface area contributed by atoms with Crippen LogP contribution in [-0.2, 0) is 6.61 Å². The number of hydrogen-bond donors (Lipinski definition) is 0. The molecule has 0 fully saturated rings. The highest BCUT2D eigenvalue weighted by atomic mass is 32.1. The van der Waals surface area contributed by atoms with Crippen molar-refractivity contribution in [3.63, 3.8) is 0 Å². The summed E-state index contributed by atoms with van der Waals surface area (Å²) in [4.78, 5) is 19.5. The van der Waals surface area contributed by atoms with Crippen LogP contribution in [0.15, 0.2) is 113 Å².